The molecule has 2 N–H and O–H groups in total. The van der Waals surface area contributed by atoms with Crippen molar-refractivity contribution in [3.63, 3.8) is 0 Å². The van der Waals surface area contributed by atoms with Gasteiger partial charge in [0.05, 0.1) is 0 Å². The van der Waals surface area contributed by atoms with Crippen LogP contribution in [0.2, 0.25) is 0 Å². The van der Waals surface area contributed by atoms with Crippen LogP contribution in [0.5, 0.6) is 0 Å². The SMILES string of the molecule is CC(C)C(NC(=S)Nc1cccc(Br)c1)C(C)C. The van der Waals surface area contributed by atoms with E-state index >= 15 is 0 Å². The molecule has 1 aromatic rings. The average Bonchev–Trinajstić information content (AvgIpc) is 2.25. The molecule has 0 bridgehead atoms. The second kappa shape index (κ2) is 7.10. The molecule has 0 saturated carbocycles. The van der Waals surface area contributed by atoms with Crippen molar-refractivity contribution in [2.45, 2.75) is 33.7 Å². The van der Waals surface area contributed by atoms with Crippen molar-refractivity contribution in [1.29, 1.82) is 0 Å². The Bertz CT molecular complexity index is 397. The van der Waals surface area contributed by atoms with Crippen molar-refractivity contribution in [2.75, 3.05) is 5.32 Å². The van der Waals surface area contributed by atoms with E-state index in [1.54, 1.807) is 0 Å². The summed E-state index contributed by atoms with van der Waals surface area (Å²) in [4.78, 5) is 0. The highest BCUT2D eigenvalue weighted by Gasteiger charge is 2.17. The van der Waals surface area contributed by atoms with Gasteiger partial charge in [-0.15, -0.1) is 0 Å². The summed E-state index contributed by atoms with van der Waals surface area (Å²) in [6.45, 7) is 8.83. The van der Waals surface area contributed by atoms with Crippen LogP contribution in [0.4, 0.5) is 5.69 Å². The van der Waals surface area contributed by atoms with Crippen molar-refractivity contribution in [3.8, 4) is 0 Å². The monoisotopic (exact) mass is 328 g/mol. The van der Waals surface area contributed by atoms with Gasteiger partial charge in [0, 0.05) is 16.2 Å². The molecular formula is C14H21BrN2S. The third kappa shape index (κ3) is 4.94. The van der Waals surface area contributed by atoms with Gasteiger partial charge in [0.15, 0.2) is 5.11 Å². The van der Waals surface area contributed by atoms with Crippen LogP contribution in [0, 0.1) is 11.8 Å². The summed E-state index contributed by atoms with van der Waals surface area (Å²) in [6, 6.07) is 8.37. The molecule has 1 aromatic carbocycles. The van der Waals surface area contributed by atoms with Gasteiger partial charge in [-0.25, -0.2) is 0 Å². The summed E-state index contributed by atoms with van der Waals surface area (Å²) >= 11 is 8.80. The Kier molecular flexibility index (Phi) is 6.09. The lowest BCUT2D eigenvalue weighted by molar-refractivity contribution is 0.356. The van der Waals surface area contributed by atoms with Gasteiger partial charge in [-0.05, 0) is 42.3 Å². The van der Waals surface area contributed by atoms with Gasteiger partial charge in [-0.3, -0.25) is 0 Å². The summed E-state index contributed by atoms with van der Waals surface area (Å²) in [5.41, 5.74) is 0.994. The summed E-state index contributed by atoms with van der Waals surface area (Å²) in [5.74, 6) is 1.10. The standard InChI is InChI=1S/C14H21BrN2S/c1-9(2)13(10(3)4)17-14(18)16-12-7-5-6-11(15)8-12/h5-10,13H,1-4H3,(H2,16,17,18). The van der Waals surface area contributed by atoms with Crippen molar-refractivity contribution >= 4 is 38.9 Å². The van der Waals surface area contributed by atoms with Crippen LogP contribution in [0.15, 0.2) is 28.7 Å². The number of anilines is 1. The fourth-order valence-electron chi connectivity index (χ4n) is 1.99. The topological polar surface area (TPSA) is 24.1 Å². The highest BCUT2D eigenvalue weighted by Crippen LogP contribution is 2.16. The van der Waals surface area contributed by atoms with E-state index in [9.17, 15) is 0 Å². The summed E-state index contributed by atoms with van der Waals surface area (Å²) < 4.78 is 1.04. The molecule has 2 nitrogen and oxygen atoms in total. The molecule has 0 radical (unpaired) electrons. The first kappa shape index (κ1) is 15.4. The molecule has 0 atom stereocenters. The Morgan fingerprint density at radius 3 is 2.28 bits per heavy atom. The Hall–Kier alpha value is -0.610. The zero-order valence-electron chi connectivity index (χ0n) is 11.3. The molecular weight excluding hydrogens is 308 g/mol. The maximum atomic E-state index is 5.36. The van der Waals surface area contributed by atoms with Gasteiger partial charge in [0.1, 0.15) is 0 Å². The van der Waals surface area contributed by atoms with Gasteiger partial charge in [-0.1, -0.05) is 49.7 Å². The Labute approximate surface area is 124 Å². The minimum Gasteiger partial charge on any atom is -0.359 e. The van der Waals surface area contributed by atoms with Crippen molar-refractivity contribution < 1.29 is 0 Å². The molecule has 0 saturated heterocycles. The normalized spacial score (nSPS) is 11.1. The number of hydrogen-bond donors (Lipinski definition) is 2. The lowest BCUT2D eigenvalue weighted by Gasteiger charge is -2.27. The van der Waals surface area contributed by atoms with Crippen molar-refractivity contribution in [1.82, 2.24) is 5.32 Å². The fourth-order valence-corrected chi connectivity index (χ4v) is 2.64. The van der Waals surface area contributed by atoms with Gasteiger partial charge < -0.3 is 10.6 Å². The second-order valence-corrected chi connectivity index (χ2v) is 6.45. The van der Waals surface area contributed by atoms with E-state index < -0.39 is 0 Å². The molecule has 0 unspecified atom stereocenters. The smallest absolute Gasteiger partial charge is 0.171 e. The van der Waals surface area contributed by atoms with Crippen LogP contribution in [-0.4, -0.2) is 11.2 Å². The van der Waals surface area contributed by atoms with Gasteiger partial charge in [0.25, 0.3) is 0 Å². The van der Waals surface area contributed by atoms with E-state index in [2.05, 4.69) is 54.3 Å². The lowest BCUT2D eigenvalue weighted by atomic mass is 9.93. The van der Waals surface area contributed by atoms with Crippen LogP contribution in [0.1, 0.15) is 27.7 Å². The first-order valence-electron chi connectivity index (χ1n) is 6.23. The fraction of sp³-hybridized carbons (Fsp3) is 0.500. The van der Waals surface area contributed by atoms with Gasteiger partial charge in [0.2, 0.25) is 0 Å². The van der Waals surface area contributed by atoms with Crippen molar-refractivity contribution in [3.05, 3.63) is 28.7 Å². The molecule has 100 valence electrons. The zero-order valence-corrected chi connectivity index (χ0v) is 13.7. The summed E-state index contributed by atoms with van der Waals surface area (Å²) in [7, 11) is 0. The van der Waals surface area contributed by atoms with E-state index in [4.69, 9.17) is 12.2 Å². The number of rotatable bonds is 4. The maximum Gasteiger partial charge on any atom is 0.171 e. The second-order valence-electron chi connectivity index (χ2n) is 5.12. The van der Waals surface area contributed by atoms with Crippen LogP contribution in [-0.2, 0) is 0 Å². The molecule has 0 aliphatic rings. The molecule has 0 aliphatic heterocycles. The van der Waals surface area contributed by atoms with E-state index in [1.165, 1.54) is 0 Å². The first-order chi connectivity index (χ1) is 8.40. The molecule has 0 amide bonds. The molecule has 0 aromatic heterocycles. The van der Waals surface area contributed by atoms with E-state index in [1.807, 2.05) is 24.3 Å². The largest absolute Gasteiger partial charge is 0.359 e. The number of halogens is 1. The third-order valence-electron chi connectivity index (χ3n) is 2.82. The Morgan fingerprint density at radius 2 is 1.78 bits per heavy atom. The molecule has 0 fully saturated rings. The number of thiocarbonyl (C=S) groups is 1. The highest BCUT2D eigenvalue weighted by atomic mass is 79.9. The molecule has 4 heteroatoms. The van der Waals surface area contributed by atoms with Crippen molar-refractivity contribution in [2.24, 2.45) is 11.8 Å². The quantitative estimate of drug-likeness (QED) is 0.800. The number of benzene rings is 1. The molecule has 0 spiro atoms. The molecule has 0 aliphatic carbocycles. The van der Waals surface area contributed by atoms with E-state index in [-0.39, 0.29) is 0 Å². The Morgan fingerprint density at radius 1 is 1.17 bits per heavy atom. The molecule has 0 heterocycles. The van der Waals surface area contributed by atoms with Crippen LogP contribution in [0.3, 0.4) is 0 Å². The highest BCUT2D eigenvalue weighted by molar-refractivity contribution is 9.10. The van der Waals surface area contributed by atoms with Crippen LogP contribution >= 0.6 is 28.1 Å². The number of nitrogens with one attached hydrogen (secondary N) is 2. The van der Waals surface area contributed by atoms with Gasteiger partial charge >= 0.3 is 0 Å². The van der Waals surface area contributed by atoms with Crippen LogP contribution < -0.4 is 10.6 Å². The Balaban J connectivity index is 2.61. The predicted octanol–water partition coefficient (Wildman–Crippen LogP) is 4.42. The molecule has 1 rings (SSSR count). The molecule has 18 heavy (non-hydrogen) atoms. The van der Waals surface area contributed by atoms with E-state index in [0.717, 1.165) is 10.2 Å². The summed E-state index contributed by atoms with van der Waals surface area (Å²) in [5, 5.41) is 7.28. The lowest BCUT2D eigenvalue weighted by Crippen LogP contribution is -2.44. The van der Waals surface area contributed by atoms with E-state index in [0.29, 0.717) is 23.0 Å². The average molecular weight is 329 g/mol. The zero-order chi connectivity index (χ0) is 13.7. The van der Waals surface area contributed by atoms with Crippen LogP contribution in [0.25, 0.3) is 0 Å². The maximum absolute atomic E-state index is 5.36. The minimum atomic E-state index is 0.386. The van der Waals surface area contributed by atoms with Gasteiger partial charge in [-0.2, -0.15) is 0 Å². The predicted molar refractivity (Wildman–Crippen MR) is 87.0 cm³/mol. The minimum absolute atomic E-state index is 0.386. The third-order valence-corrected chi connectivity index (χ3v) is 3.53. The summed E-state index contributed by atoms with van der Waals surface area (Å²) in [6.07, 6.45) is 0. The number of hydrogen-bond acceptors (Lipinski definition) is 1. The first-order valence-corrected chi connectivity index (χ1v) is 7.43.